The summed E-state index contributed by atoms with van der Waals surface area (Å²) in [6.45, 7) is 5.41. The van der Waals surface area contributed by atoms with Gasteiger partial charge < -0.3 is 14.1 Å². The van der Waals surface area contributed by atoms with E-state index in [0.717, 1.165) is 16.9 Å². The van der Waals surface area contributed by atoms with E-state index in [9.17, 15) is 4.79 Å². The Morgan fingerprint density at radius 1 is 1.14 bits per heavy atom. The molecule has 2 aromatic carbocycles. The zero-order chi connectivity index (χ0) is 19.8. The van der Waals surface area contributed by atoms with Gasteiger partial charge in [-0.3, -0.25) is 4.79 Å². The van der Waals surface area contributed by atoms with Crippen molar-refractivity contribution in [1.29, 1.82) is 0 Å². The Bertz CT molecular complexity index is 899. The Morgan fingerprint density at radius 2 is 1.96 bits per heavy atom. The summed E-state index contributed by atoms with van der Waals surface area (Å²) < 4.78 is 11.2. The SMILES string of the molecule is CCN(Cc1ccccc1)C(=O)CSc1nnc(COc2cccc(C)c2)o1. The van der Waals surface area contributed by atoms with Crippen molar-refractivity contribution in [3.63, 3.8) is 0 Å². The molecule has 0 spiro atoms. The summed E-state index contributed by atoms with van der Waals surface area (Å²) in [5, 5.41) is 8.33. The fourth-order valence-corrected chi connectivity index (χ4v) is 3.28. The summed E-state index contributed by atoms with van der Waals surface area (Å²) in [4.78, 5) is 14.3. The van der Waals surface area contributed by atoms with Gasteiger partial charge in [-0.25, -0.2) is 0 Å². The number of carbonyl (C=O) groups excluding carboxylic acids is 1. The van der Waals surface area contributed by atoms with Crippen molar-refractivity contribution in [1.82, 2.24) is 15.1 Å². The lowest BCUT2D eigenvalue weighted by Crippen LogP contribution is -2.31. The summed E-state index contributed by atoms with van der Waals surface area (Å²) in [5.41, 5.74) is 2.23. The normalized spacial score (nSPS) is 10.6. The highest BCUT2D eigenvalue weighted by Crippen LogP contribution is 2.19. The first-order valence-electron chi connectivity index (χ1n) is 9.10. The van der Waals surface area contributed by atoms with E-state index in [1.165, 1.54) is 11.8 Å². The summed E-state index contributed by atoms with van der Waals surface area (Å²) in [6.07, 6.45) is 0. The average Bonchev–Trinajstić information content (AvgIpc) is 3.17. The van der Waals surface area contributed by atoms with Gasteiger partial charge in [0.1, 0.15) is 5.75 Å². The maximum Gasteiger partial charge on any atom is 0.277 e. The summed E-state index contributed by atoms with van der Waals surface area (Å²) in [6, 6.07) is 17.7. The molecule has 0 aliphatic heterocycles. The van der Waals surface area contributed by atoms with Crippen molar-refractivity contribution >= 4 is 17.7 Å². The second-order valence-electron chi connectivity index (χ2n) is 6.25. The number of aromatic nitrogens is 2. The highest BCUT2D eigenvalue weighted by Gasteiger charge is 2.15. The predicted molar refractivity (Wildman–Crippen MR) is 108 cm³/mol. The molecule has 0 saturated carbocycles. The molecule has 0 atom stereocenters. The largest absolute Gasteiger partial charge is 0.484 e. The Balaban J connectivity index is 1.48. The predicted octanol–water partition coefficient (Wildman–Crippen LogP) is 4.10. The van der Waals surface area contributed by atoms with E-state index >= 15 is 0 Å². The molecule has 3 aromatic rings. The fraction of sp³-hybridized carbons (Fsp3) is 0.286. The molecule has 1 heterocycles. The molecule has 1 aromatic heterocycles. The van der Waals surface area contributed by atoms with E-state index in [1.807, 2.05) is 68.4 Å². The maximum absolute atomic E-state index is 12.5. The van der Waals surface area contributed by atoms with Crippen molar-refractivity contribution in [2.75, 3.05) is 12.3 Å². The number of aryl methyl sites for hydroxylation is 1. The topological polar surface area (TPSA) is 68.5 Å². The zero-order valence-corrected chi connectivity index (χ0v) is 16.8. The van der Waals surface area contributed by atoms with Crippen molar-refractivity contribution in [2.45, 2.75) is 32.2 Å². The van der Waals surface area contributed by atoms with Gasteiger partial charge in [0.2, 0.25) is 5.91 Å². The van der Waals surface area contributed by atoms with Crippen LogP contribution in [0, 0.1) is 6.92 Å². The van der Waals surface area contributed by atoms with E-state index in [-0.39, 0.29) is 18.3 Å². The van der Waals surface area contributed by atoms with Crippen LogP contribution in [0.5, 0.6) is 5.75 Å². The van der Waals surface area contributed by atoms with Gasteiger partial charge in [0.25, 0.3) is 11.1 Å². The molecule has 1 amide bonds. The molecule has 0 saturated heterocycles. The number of ether oxygens (including phenoxy) is 1. The molecule has 7 heteroatoms. The van der Waals surface area contributed by atoms with Crippen LogP contribution in [0.15, 0.2) is 64.2 Å². The number of rotatable bonds is 9. The third-order valence-electron chi connectivity index (χ3n) is 4.07. The van der Waals surface area contributed by atoms with E-state index < -0.39 is 0 Å². The van der Waals surface area contributed by atoms with Crippen molar-refractivity contribution in [3.05, 3.63) is 71.6 Å². The molecule has 0 aliphatic carbocycles. The minimum atomic E-state index is 0.0344. The first-order chi connectivity index (χ1) is 13.6. The lowest BCUT2D eigenvalue weighted by Gasteiger charge is -2.20. The van der Waals surface area contributed by atoms with Gasteiger partial charge in [0.05, 0.1) is 5.75 Å². The molecule has 6 nitrogen and oxygen atoms in total. The van der Waals surface area contributed by atoms with E-state index in [1.54, 1.807) is 4.90 Å². The lowest BCUT2D eigenvalue weighted by molar-refractivity contribution is -0.128. The van der Waals surface area contributed by atoms with Gasteiger partial charge in [-0.1, -0.05) is 54.2 Å². The molecule has 0 unspecified atom stereocenters. The summed E-state index contributed by atoms with van der Waals surface area (Å²) in [7, 11) is 0. The summed E-state index contributed by atoms with van der Waals surface area (Å²) in [5.74, 6) is 1.42. The van der Waals surface area contributed by atoms with Crippen LogP contribution in [0.4, 0.5) is 0 Å². The molecule has 3 rings (SSSR count). The van der Waals surface area contributed by atoms with Gasteiger partial charge in [-0.15, -0.1) is 10.2 Å². The third-order valence-corrected chi connectivity index (χ3v) is 4.87. The highest BCUT2D eigenvalue weighted by molar-refractivity contribution is 7.99. The van der Waals surface area contributed by atoms with Gasteiger partial charge in [0.15, 0.2) is 6.61 Å². The molecule has 0 aliphatic rings. The second kappa shape index (κ2) is 9.94. The molecule has 0 fully saturated rings. The number of benzene rings is 2. The molecular formula is C21H23N3O3S. The third kappa shape index (κ3) is 5.85. The highest BCUT2D eigenvalue weighted by atomic mass is 32.2. The van der Waals surface area contributed by atoms with Gasteiger partial charge >= 0.3 is 0 Å². The van der Waals surface area contributed by atoms with E-state index in [4.69, 9.17) is 9.15 Å². The summed E-state index contributed by atoms with van der Waals surface area (Å²) >= 11 is 1.24. The molecule has 28 heavy (non-hydrogen) atoms. The second-order valence-corrected chi connectivity index (χ2v) is 7.18. The zero-order valence-electron chi connectivity index (χ0n) is 16.0. The molecule has 0 radical (unpaired) electrons. The van der Waals surface area contributed by atoms with Gasteiger partial charge in [-0.05, 0) is 37.1 Å². The van der Waals surface area contributed by atoms with Crippen molar-refractivity contribution in [3.8, 4) is 5.75 Å². The molecular weight excluding hydrogens is 374 g/mol. The van der Waals surface area contributed by atoms with Crippen molar-refractivity contribution in [2.24, 2.45) is 0 Å². The standard InChI is InChI=1S/C21H23N3O3S/c1-3-24(13-17-9-5-4-6-10-17)20(25)15-28-21-23-22-19(27-21)14-26-18-11-7-8-16(2)12-18/h4-12H,3,13-15H2,1-2H3. The first kappa shape index (κ1) is 19.9. The first-order valence-corrected chi connectivity index (χ1v) is 10.1. The van der Waals surface area contributed by atoms with Crippen LogP contribution >= 0.6 is 11.8 Å². The van der Waals surface area contributed by atoms with Crippen LogP contribution in [-0.2, 0) is 17.9 Å². The maximum atomic E-state index is 12.5. The Kier molecular flexibility index (Phi) is 7.08. The van der Waals surface area contributed by atoms with E-state index in [0.29, 0.717) is 24.2 Å². The van der Waals surface area contributed by atoms with Gasteiger partial charge in [-0.2, -0.15) is 0 Å². The van der Waals surface area contributed by atoms with Crippen LogP contribution < -0.4 is 4.74 Å². The lowest BCUT2D eigenvalue weighted by atomic mass is 10.2. The van der Waals surface area contributed by atoms with Crippen LogP contribution in [0.3, 0.4) is 0 Å². The number of amides is 1. The average molecular weight is 398 g/mol. The minimum absolute atomic E-state index is 0.0344. The number of thioether (sulfide) groups is 1. The molecule has 146 valence electrons. The minimum Gasteiger partial charge on any atom is -0.484 e. The Labute approximate surface area is 168 Å². The monoisotopic (exact) mass is 397 g/mol. The number of carbonyl (C=O) groups is 1. The van der Waals surface area contributed by atoms with Crippen LogP contribution in [-0.4, -0.2) is 33.3 Å². The Morgan fingerprint density at radius 3 is 2.71 bits per heavy atom. The number of hydrogen-bond acceptors (Lipinski definition) is 6. The quantitative estimate of drug-likeness (QED) is 0.507. The van der Waals surface area contributed by atoms with Crippen LogP contribution in [0.2, 0.25) is 0 Å². The van der Waals surface area contributed by atoms with Crippen LogP contribution in [0.25, 0.3) is 0 Å². The van der Waals surface area contributed by atoms with Crippen molar-refractivity contribution < 1.29 is 13.9 Å². The number of nitrogens with zero attached hydrogens (tertiary/aromatic N) is 3. The van der Waals surface area contributed by atoms with Crippen LogP contribution in [0.1, 0.15) is 23.9 Å². The molecule has 0 bridgehead atoms. The fourth-order valence-electron chi connectivity index (χ4n) is 2.60. The molecule has 0 N–H and O–H groups in total. The van der Waals surface area contributed by atoms with Gasteiger partial charge in [0, 0.05) is 13.1 Å². The Hall–Kier alpha value is -2.80. The number of hydrogen-bond donors (Lipinski definition) is 0. The smallest absolute Gasteiger partial charge is 0.277 e. The van der Waals surface area contributed by atoms with E-state index in [2.05, 4.69) is 10.2 Å².